The molecule has 1 aliphatic heterocycles. The van der Waals surface area contributed by atoms with Crippen molar-refractivity contribution in [2.75, 3.05) is 26.7 Å². The first-order valence-electron chi connectivity index (χ1n) is 7.41. The van der Waals surface area contributed by atoms with Gasteiger partial charge in [0.2, 0.25) is 11.8 Å². The third-order valence-electron chi connectivity index (χ3n) is 4.30. The van der Waals surface area contributed by atoms with Crippen molar-refractivity contribution in [1.29, 1.82) is 0 Å². The molecule has 1 saturated heterocycles. The van der Waals surface area contributed by atoms with Gasteiger partial charge in [0.1, 0.15) is 0 Å². The standard InChI is InChI=1S/C14H25N3O2/c1-3-16(2)9-8-15-12-10-13(18)17(14(12)19)11-6-4-5-7-11/h11-12,15H,3-10H2,1-2H3. The molecule has 0 aromatic carbocycles. The molecular weight excluding hydrogens is 242 g/mol. The highest BCUT2D eigenvalue weighted by molar-refractivity contribution is 6.05. The molecule has 1 saturated carbocycles. The first-order valence-corrected chi connectivity index (χ1v) is 7.41. The second kappa shape index (κ2) is 6.48. The van der Waals surface area contributed by atoms with E-state index >= 15 is 0 Å². The molecule has 1 aliphatic carbocycles. The Hall–Kier alpha value is -0.940. The summed E-state index contributed by atoms with van der Waals surface area (Å²) >= 11 is 0. The van der Waals surface area contributed by atoms with Crippen LogP contribution in [0.4, 0.5) is 0 Å². The normalized spacial score (nSPS) is 25.0. The van der Waals surface area contributed by atoms with Crippen molar-refractivity contribution in [3.8, 4) is 0 Å². The van der Waals surface area contributed by atoms with Gasteiger partial charge in [-0.2, -0.15) is 0 Å². The molecule has 1 atom stereocenters. The average molecular weight is 267 g/mol. The van der Waals surface area contributed by atoms with Gasteiger partial charge in [0.05, 0.1) is 12.5 Å². The molecule has 108 valence electrons. The molecule has 1 heterocycles. The van der Waals surface area contributed by atoms with Gasteiger partial charge in [-0.3, -0.25) is 14.5 Å². The zero-order valence-electron chi connectivity index (χ0n) is 12.0. The molecule has 0 bridgehead atoms. The Balaban J connectivity index is 1.83. The maximum Gasteiger partial charge on any atom is 0.247 e. The van der Waals surface area contributed by atoms with E-state index in [9.17, 15) is 9.59 Å². The van der Waals surface area contributed by atoms with Crippen molar-refractivity contribution in [2.24, 2.45) is 0 Å². The third-order valence-corrected chi connectivity index (χ3v) is 4.30. The predicted octanol–water partition coefficient (Wildman–Crippen LogP) is 0.598. The molecule has 2 aliphatic rings. The van der Waals surface area contributed by atoms with Crippen LogP contribution in [0.15, 0.2) is 0 Å². The summed E-state index contributed by atoms with van der Waals surface area (Å²) in [4.78, 5) is 28.0. The van der Waals surface area contributed by atoms with Crippen molar-refractivity contribution in [2.45, 2.75) is 51.1 Å². The van der Waals surface area contributed by atoms with E-state index in [0.717, 1.165) is 45.3 Å². The van der Waals surface area contributed by atoms with Crippen LogP contribution in [0.25, 0.3) is 0 Å². The van der Waals surface area contributed by atoms with Crippen LogP contribution >= 0.6 is 0 Å². The van der Waals surface area contributed by atoms with Crippen molar-refractivity contribution in [3.05, 3.63) is 0 Å². The highest BCUT2D eigenvalue weighted by Crippen LogP contribution is 2.27. The van der Waals surface area contributed by atoms with Crippen LogP contribution in [0.5, 0.6) is 0 Å². The number of imide groups is 1. The summed E-state index contributed by atoms with van der Waals surface area (Å²) in [5.41, 5.74) is 0. The fraction of sp³-hybridized carbons (Fsp3) is 0.857. The van der Waals surface area contributed by atoms with Crippen LogP contribution in [-0.2, 0) is 9.59 Å². The molecule has 0 spiro atoms. The minimum absolute atomic E-state index is 0.00366. The van der Waals surface area contributed by atoms with E-state index in [2.05, 4.69) is 17.1 Å². The summed E-state index contributed by atoms with van der Waals surface area (Å²) in [7, 11) is 2.05. The number of hydrogen-bond acceptors (Lipinski definition) is 4. The van der Waals surface area contributed by atoms with Crippen molar-refractivity contribution in [1.82, 2.24) is 15.1 Å². The molecule has 2 amide bonds. The van der Waals surface area contributed by atoms with Crippen LogP contribution in [0.2, 0.25) is 0 Å². The summed E-state index contributed by atoms with van der Waals surface area (Å²) in [5, 5.41) is 3.23. The molecule has 5 nitrogen and oxygen atoms in total. The summed E-state index contributed by atoms with van der Waals surface area (Å²) in [6, 6.07) is -0.122. The van der Waals surface area contributed by atoms with E-state index in [1.807, 2.05) is 7.05 Å². The second-order valence-electron chi connectivity index (χ2n) is 5.65. The molecule has 0 aromatic heterocycles. The van der Waals surface area contributed by atoms with Crippen LogP contribution in [-0.4, -0.2) is 60.4 Å². The first-order chi connectivity index (χ1) is 9.13. The molecule has 0 radical (unpaired) electrons. The maximum atomic E-state index is 12.3. The lowest BCUT2D eigenvalue weighted by Crippen LogP contribution is -2.44. The number of rotatable bonds is 6. The van der Waals surface area contributed by atoms with Crippen molar-refractivity contribution < 1.29 is 9.59 Å². The molecule has 1 unspecified atom stereocenters. The van der Waals surface area contributed by atoms with Crippen molar-refractivity contribution in [3.63, 3.8) is 0 Å². The Morgan fingerprint density at radius 3 is 2.63 bits per heavy atom. The van der Waals surface area contributed by atoms with E-state index in [-0.39, 0.29) is 23.9 Å². The zero-order valence-corrected chi connectivity index (χ0v) is 12.0. The van der Waals surface area contributed by atoms with Gasteiger partial charge in [0.25, 0.3) is 0 Å². The first kappa shape index (κ1) is 14.5. The Kier molecular flexibility index (Phi) is 4.93. The largest absolute Gasteiger partial charge is 0.305 e. The number of amides is 2. The fourth-order valence-corrected chi connectivity index (χ4v) is 2.94. The van der Waals surface area contributed by atoms with E-state index in [1.54, 1.807) is 0 Å². The van der Waals surface area contributed by atoms with Crippen molar-refractivity contribution >= 4 is 11.8 Å². The average Bonchev–Trinajstić information content (AvgIpc) is 2.98. The Morgan fingerprint density at radius 2 is 2.00 bits per heavy atom. The SMILES string of the molecule is CCN(C)CCNC1CC(=O)N(C2CCCC2)C1=O. The maximum absolute atomic E-state index is 12.3. The van der Waals surface area contributed by atoms with Crippen LogP contribution < -0.4 is 5.32 Å². The highest BCUT2D eigenvalue weighted by atomic mass is 16.2. The van der Waals surface area contributed by atoms with E-state index in [4.69, 9.17) is 0 Å². The summed E-state index contributed by atoms with van der Waals surface area (Å²) in [6.07, 6.45) is 4.60. The van der Waals surface area contributed by atoms with Gasteiger partial charge in [0.15, 0.2) is 0 Å². The number of hydrogen-bond donors (Lipinski definition) is 1. The zero-order chi connectivity index (χ0) is 13.8. The lowest BCUT2D eigenvalue weighted by atomic mass is 10.2. The minimum Gasteiger partial charge on any atom is -0.305 e. The Bertz CT molecular complexity index is 340. The lowest BCUT2D eigenvalue weighted by Gasteiger charge is -2.22. The molecule has 2 fully saturated rings. The number of likely N-dealkylation sites (tertiary alicyclic amines) is 1. The number of likely N-dealkylation sites (N-methyl/N-ethyl adjacent to an activating group) is 1. The smallest absolute Gasteiger partial charge is 0.247 e. The number of carbonyl (C=O) groups excluding carboxylic acids is 2. The van der Waals surface area contributed by atoms with Crippen LogP contribution in [0, 0.1) is 0 Å². The molecular formula is C14H25N3O2. The molecule has 19 heavy (non-hydrogen) atoms. The number of nitrogens with one attached hydrogen (secondary N) is 1. The topological polar surface area (TPSA) is 52.7 Å². The number of carbonyl (C=O) groups is 2. The number of nitrogens with zero attached hydrogens (tertiary/aromatic N) is 2. The van der Waals surface area contributed by atoms with Gasteiger partial charge < -0.3 is 10.2 Å². The van der Waals surface area contributed by atoms with Gasteiger partial charge >= 0.3 is 0 Å². The highest BCUT2D eigenvalue weighted by Gasteiger charge is 2.42. The lowest BCUT2D eigenvalue weighted by molar-refractivity contribution is -0.141. The summed E-state index contributed by atoms with van der Waals surface area (Å²) in [6.45, 7) is 4.75. The van der Waals surface area contributed by atoms with Gasteiger partial charge in [-0.25, -0.2) is 0 Å². The van der Waals surface area contributed by atoms with Gasteiger partial charge in [-0.1, -0.05) is 19.8 Å². The van der Waals surface area contributed by atoms with Gasteiger partial charge in [-0.15, -0.1) is 0 Å². The van der Waals surface area contributed by atoms with E-state index < -0.39 is 0 Å². The summed E-state index contributed by atoms with van der Waals surface area (Å²) < 4.78 is 0. The Morgan fingerprint density at radius 1 is 1.32 bits per heavy atom. The van der Waals surface area contributed by atoms with Gasteiger partial charge in [-0.05, 0) is 26.4 Å². The monoisotopic (exact) mass is 267 g/mol. The molecule has 5 heteroatoms. The van der Waals surface area contributed by atoms with E-state index in [0.29, 0.717) is 6.42 Å². The predicted molar refractivity (Wildman–Crippen MR) is 73.7 cm³/mol. The fourth-order valence-electron chi connectivity index (χ4n) is 2.94. The molecule has 0 aromatic rings. The van der Waals surface area contributed by atoms with Gasteiger partial charge in [0, 0.05) is 19.1 Å². The second-order valence-corrected chi connectivity index (χ2v) is 5.65. The Labute approximate surface area is 115 Å². The quantitative estimate of drug-likeness (QED) is 0.716. The van der Waals surface area contributed by atoms with E-state index in [1.165, 1.54) is 4.90 Å². The minimum atomic E-state index is -0.293. The summed E-state index contributed by atoms with van der Waals surface area (Å²) in [5.74, 6) is 0.00861. The molecule has 1 N–H and O–H groups in total. The van der Waals surface area contributed by atoms with Crippen LogP contribution in [0.3, 0.4) is 0 Å². The van der Waals surface area contributed by atoms with Crippen LogP contribution in [0.1, 0.15) is 39.0 Å². The third kappa shape index (κ3) is 3.34. The molecule has 2 rings (SSSR count).